The van der Waals surface area contributed by atoms with Crippen molar-refractivity contribution in [2.75, 3.05) is 26.9 Å². The van der Waals surface area contributed by atoms with Crippen LogP contribution in [-0.2, 0) is 21.6 Å². The molecule has 0 spiro atoms. The van der Waals surface area contributed by atoms with Gasteiger partial charge in [0.15, 0.2) is 0 Å². The topological polar surface area (TPSA) is 69.4 Å². The predicted molar refractivity (Wildman–Crippen MR) is 74.3 cm³/mol. The zero-order valence-corrected chi connectivity index (χ0v) is 12.5. The van der Waals surface area contributed by atoms with Crippen LogP contribution in [-0.4, -0.2) is 37.0 Å². The molecule has 0 unspecified atom stereocenters. The summed E-state index contributed by atoms with van der Waals surface area (Å²) < 4.78 is 16.3. The molecule has 1 fully saturated rings. The van der Waals surface area contributed by atoms with E-state index in [1.54, 1.807) is 7.11 Å². The van der Waals surface area contributed by atoms with Crippen LogP contribution < -0.4 is 5.32 Å². The lowest BCUT2D eigenvalue weighted by molar-refractivity contribution is -0.0777. The van der Waals surface area contributed by atoms with Crippen molar-refractivity contribution in [2.45, 2.75) is 51.2 Å². The van der Waals surface area contributed by atoms with Gasteiger partial charge in [-0.25, -0.2) is 0 Å². The van der Waals surface area contributed by atoms with E-state index in [4.69, 9.17) is 14.0 Å². The van der Waals surface area contributed by atoms with Crippen LogP contribution in [0.5, 0.6) is 0 Å². The Kier molecular flexibility index (Phi) is 5.94. The van der Waals surface area contributed by atoms with Gasteiger partial charge in [-0.3, -0.25) is 0 Å². The summed E-state index contributed by atoms with van der Waals surface area (Å²) in [7, 11) is 1.68. The van der Waals surface area contributed by atoms with Crippen molar-refractivity contribution in [1.82, 2.24) is 15.5 Å². The lowest BCUT2D eigenvalue weighted by Crippen LogP contribution is -2.33. The molecule has 0 amide bonds. The standard InChI is InChI=1S/C14H25N3O3/c1-3-19-14(7-5-4-6-8-14)13-16-12(20-17-13)11-15-9-10-18-2/h15H,3-11H2,1-2H3. The zero-order valence-electron chi connectivity index (χ0n) is 12.5. The van der Waals surface area contributed by atoms with Crippen molar-refractivity contribution in [3.05, 3.63) is 11.7 Å². The first kappa shape index (κ1) is 15.4. The fourth-order valence-corrected chi connectivity index (χ4v) is 2.71. The van der Waals surface area contributed by atoms with Gasteiger partial charge in [-0.15, -0.1) is 0 Å². The maximum Gasteiger partial charge on any atom is 0.240 e. The van der Waals surface area contributed by atoms with Crippen molar-refractivity contribution in [3.8, 4) is 0 Å². The Hall–Kier alpha value is -0.980. The van der Waals surface area contributed by atoms with Gasteiger partial charge in [0.1, 0.15) is 5.60 Å². The van der Waals surface area contributed by atoms with E-state index < -0.39 is 0 Å². The predicted octanol–water partition coefficient (Wildman–Crippen LogP) is 2.00. The third kappa shape index (κ3) is 3.77. The van der Waals surface area contributed by atoms with Crippen molar-refractivity contribution in [2.24, 2.45) is 0 Å². The smallest absolute Gasteiger partial charge is 0.240 e. The summed E-state index contributed by atoms with van der Waals surface area (Å²) in [6.07, 6.45) is 5.55. The summed E-state index contributed by atoms with van der Waals surface area (Å²) in [6.45, 7) is 4.70. The largest absolute Gasteiger partial charge is 0.383 e. The monoisotopic (exact) mass is 283 g/mol. The normalized spacial score (nSPS) is 18.3. The molecule has 1 aliphatic rings. The molecule has 6 nitrogen and oxygen atoms in total. The Morgan fingerprint density at radius 2 is 2.10 bits per heavy atom. The molecule has 1 aliphatic carbocycles. The van der Waals surface area contributed by atoms with E-state index in [-0.39, 0.29) is 5.60 Å². The quantitative estimate of drug-likeness (QED) is 0.736. The minimum Gasteiger partial charge on any atom is -0.383 e. The summed E-state index contributed by atoms with van der Waals surface area (Å²) in [5.74, 6) is 1.32. The molecule has 0 radical (unpaired) electrons. The second-order valence-corrected chi connectivity index (χ2v) is 5.17. The molecule has 1 aromatic rings. The third-order valence-corrected chi connectivity index (χ3v) is 3.72. The van der Waals surface area contributed by atoms with Gasteiger partial charge in [0.25, 0.3) is 0 Å². The molecule has 6 heteroatoms. The highest BCUT2D eigenvalue weighted by Crippen LogP contribution is 2.38. The molecule has 0 aromatic carbocycles. The Morgan fingerprint density at radius 1 is 1.30 bits per heavy atom. The Bertz CT molecular complexity index is 383. The fourth-order valence-electron chi connectivity index (χ4n) is 2.71. The lowest BCUT2D eigenvalue weighted by atomic mass is 9.84. The highest BCUT2D eigenvalue weighted by molar-refractivity contribution is 5.03. The van der Waals surface area contributed by atoms with E-state index in [1.807, 2.05) is 6.92 Å². The molecular formula is C14H25N3O3. The van der Waals surface area contributed by atoms with E-state index in [2.05, 4.69) is 15.5 Å². The molecule has 114 valence electrons. The number of nitrogens with zero attached hydrogens (tertiary/aromatic N) is 2. The molecule has 1 N–H and O–H groups in total. The number of ether oxygens (including phenoxy) is 2. The lowest BCUT2D eigenvalue weighted by Gasteiger charge is -2.33. The molecule has 20 heavy (non-hydrogen) atoms. The SMILES string of the molecule is CCOC1(c2noc(CNCCOC)n2)CCCCC1. The second-order valence-electron chi connectivity index (χ2n) is 5.17. The van der Waals surface area contributed by atoms with E-state index >= 15 is 0 Å². The fraction of sp³-hybridized carbons (Fsp3) is 0.857. The number of nitrogens with one attached hydrogen (secondary N) is 1. The van der Waals surface area contributed by atoms with Crippen LogP contribution in [0.15, 0.2) is 4.52 Å². The first-order valence-corrected chi connectivity index (χ1v) is 7.47. The molecule has 1 saturated carbocycles. The number of hydrogen-bond acceptors (Lipinski definition) is 6. The summed E-state index contributed by atoms with van der Waals surface area (Å²) in [6, 6.07) is 0. The van der Waals surface area contributed by atoms with Gasteiger partial charge in [-0.1, -0.05) is 24.4 Å². The minimum absolute atomic E-state index is 0.332. The summed E-state index contributed by atoms with van der Waals surface area (Å²) in [5.41, 5.74) is -0.332. The van der Waals surface area contributed by atoms with Crippen LogP contribution in [0.2, 0.25) is 0 Å². The third-order valence-electron chi connectivity index (χ3n) is 3.72. The first-order chi connectivity index (χ1) is 9.80. The Morgan fingerprint density at radius 3 is 2.80 bits per heavy atom. The van der Waals surface area contributed by atoms with Crippen LogP contribution >= 0.6 is 0 Å². The van der Waals surface area contributed by atoms with E-state index in [1.165, 1.54) is 6.42 Å². The highest BCUT2D eigenvalue weighted by Gasteiger charge is 2.39. The van der Waals surface area contributed by atoms with Crippen LogP contribution in [0.3, 0.4) is 0 Å². The molecular weight excluding hydrogens is 258 g/mol. The van der Waals surface area contributed by atoms with E-state index in [0.29, 0.717) is 31.5 Å². The number of methoxy groups -OCH3 is 1. The minimum atomic E-state index is -0.332. The van der Waals surface area contributed by atoms with E-state index in [0.717, 1.165) is 32.2 Å². The van der Waals surface area contributed by atoms with E-state index in [9.17, 15) is 0 Å². The highest BCUT2D eigenvalue weighted by atomic mass is 16.5. The number of hydrogen-bond donors (Lipinski definition) is 1. The van der Waals surface area contributed by atoms with Gasteiger partial charge >= 0.3 is 0 Å². The zero-order chi connectivity index (χ0) is 14.3. The van der Waals surface area contributed by atoms with Crippen molar-refractivity contribution < 1.29 is 14.0 Å². The van der Waals surface area contributed by atoms with Gasteiger partial charge < -0.3 is 19.3 Å². The van der Waals surface area contributed by atoms with Crippen LogP contribution in [0.4, 0.5) is 0 Å². The molecule has 0 bridgehead atoms. The second kappa shape index (κ2) is 7.71. The van der Waals surface area contributed by atoms with Gasteiger partial charge in [-0.2, -0.15) is 4.98 Å². The average Bonchev–Trinajstić information content (AvgIpc) is 2.94. The number of aromatic nitrogens is 2. The van der Waals surface area contributed by atoms with Gasteiger partial charge in [-0.05, 0) is 19.8 Å². The van der Waals surface area contributed by atoms with Crippen LogP contribution in [0.25, 0.3) is 0 Å². The summed E-state index contributed by atoms with van der Waals surface area (Å²) >= 11 is 0. The van der Waals surface area contributed by atoms with Crippen LogP contribution in [0.1, 0.15) is 50.7 Å². The molecule has 0 atom stereocenters. The van der Waals surface area contributed by atoms with Gasteiger partial charge in [0, 0.05) is 20.3 Å². The Labute approximate surface area is 120 Å². The molecule has 0 aliphatic heterocycles. The summed E-state index contributed by atoms with van der Waals surface area (Å²) in [4.78, 5) is 4.52. The van der Waals surface area contributed by atoms with Crippen molar-refractivity contribution >= 4 is 0 Å². The van der Waals surface area contributed by atoms with Gasteiger partial charge in [0.05, 0.1) is 13.2 Å². The molecule has 1 heterocycles. The van der Waals surface area contributed by atoms with Gasteiger partial charge in [0.2, 0.25) is 11.7 Å². The number of rotatable bonds is 8. The average molecular weight is 283 g/mol. The van der Waals surface area contributed by atoms with Crippen molar-refractivity contribution in [3.63, 3.8) is 0 Å². The molecule has 2 rings (SSSR count). The maximum atomic E-state index is 5.99. The molecule has 1 aromatic heterocycles. The summed E-state index contributed by atoms with van der Waals surface area (Å²) in [5, 5.41) is 7.35. The maximum absolute atomic E-state index is 5.99. The van der Waals surface area contributed by atoms with Crippen molar-refractivity contribution in [1.29, 1.82) is 0 Å². The first-order valence-electron chi connectivity index (χ1n) is 7.47. The van der Waals surface area contributed by atoms with Crippen LogP contribution in [0, 0.1) is 0 Å². The Balaban J connectivity index is 1.97. The molecule has 0 saturated heterocycles.